The minimum Gasteiger partial charge on any atom is -0.636 e. The van der Waals surface area contributed by atoms with Gasteiger partial charge >= 0.3 is 0 Å². The lowest BCUT2D eigenvalue weighted by Crippen LogP contribution is -2.77. The molecule has 0 spiro atoms. The summed E-state index contributed by atoms with van der Waals surface area (Å²) in [5, 5.41) is 10.3. The molecule has 0 aromatic carbocycles. The predicted octanol–water partition coefficient (Wildman–Crippen LogP) is 10.4. The van der Waals surface area contributed by atoms with Gasteiger partial charge in [0.25, 0.3) is 0 Å². The molecule has 0 heterocycles. The van der Waals surface area contributed by atoms with Gasteiger partial charge < -0.3 is 10.7 Å². The molecular weight excluding hydrogens is 402 g/mol. The first-order chi connectivity index (χ1) is 16.4. The van der Waals surface area contributed by atoms with Crippen LogP contribution >= 0.6 is 0 Å². The van der Waals surface area contributed by atoms with Crippen molar-refractivity contribution in [3.05, 3.63) is 5.21 Å². The number of rotatable bonds is 30. The smallest absolute Gasteiger partial charge is 0.0752 e. The topological polar surface area (TPSA) is 39.7 Å². The average Bonchev–Trinajstić information content (AvgIpc) is 2.83. The summed E-state index contributed by atoms with van der Waals surface area (Å²) in [5.74, 6) is 0. The van der Waals surface area contributed by atoms with Crippen LogP contribution in [-0.2, 0) is 0 Å². The minimum atomic E-state index is 0.763. The molecule has 0 fully saturated rings. The highest BCUT2D eigenvalue weighted by atomic mass is 16.5. The molecule has 0 unspecified atom stereocenters. The van der Waals surface area contributed by atoms with Crippen LogP contribution in [0.3, 0.4) is 0 Å². The van der Waals surface area contributed by atoms with E-state index in [2.05, 4.69) is 6.92 Å². The Bertz CT molecular complexity index is 290. The van der Waals surface area contributed by atoms with Gasteiger partial charge in [0.15, 0.2) is 0 Å². The molecule has 33 heavy (non-hydrogen) atoms. The zero-order valence-corrected chi connectivity index (χ0v) is 23.2. The van der Waals surface area contributed by atoms with Gasteiger partial charge in [-0.05, 0) is 12.8 Å². The Labute approximate surface area is 210 Å². The molecule has 0 aliphatic rings. The first kappa shape index (κ1) is 32.9. The molecule has 0 radical (unpaired) electrons. The fraction of sp³-hybridized carbons (Fsp3) is 1.00. The quantitative estimate of drug-likeness (QED) is 0.0827. The van der Waals surface area contributed by atoms with Crippen LogP contribution in [0.2, 0.25) is 0 Å². The van der Waals surface area contributed by atoms with Crippen LogP contribution < -0.4 is 5.48 Å². The van der Waals surface area contributed by atoms with Crippen molar-refractivity contribution in [3.8, 4) is 0 Å². The molecule has 0 aromatic rings. The largest absolute Gasteiger partial charge is 0.636 e. The molecule has 0 aliphatic heterocycles. The summed E-state index contributed by atoms with van der Waals surface area (Å²) in [7, 11) is 0. The Hall–Kier alpha value is -0.0800. The molecule has 0 bridgehead atoms. The fourth-order valence-corrected chi connectivity index (χ4v) is 5.07. The summed E-state index contributed by atoms with van der Waals surface area (Å²) < 4.78 is 0. The molecule has 0 aliphatic carbocycles. The second kappa shape index (κ2) is 31.9. The van der Waals surface area contributed by atoms with E-state index in [0.29, 0.717) is 0 Å². The molecule has 0 amide bonds. The van der Waals surface area contributed by atoms with E-state index in [9.17, 15) is 5.21 Å². The van der Waals surface area contributed by atoms with Crippen LogP contribution in [0, 0.1) is 5.21 Å². The van der Waals surface area contributed by atoms with Gasteiger partial charge in [-0.25, -0.2) is 0 Å². The second-order valence-electron chi connectivity index (χ2n) is 10.9. The van der Waals surface area contributed by atoms with Crippen molar-refractivity contribution in [2.75, 3.05) is 6.54 Å². The van der Waals surface area contributed by atoms with Crippen LogP contribution in [0.5, 0.6) is 0 Å². The fourth-order valence-electron chi connectivity index (χ4n) is 5.07. The summed E-state index contributed by atoms with van der Waals surface area (Å²) in [5.41, 5.74) is 1.06. The SMILES string of the molecule is CCCCCCCCCCCCCCCCCCCCCCCCCCCCCCC[NH2+][O-]. The van der Waals surface area contributed by atoms with E-state index in [1.807, 2.05) is 0 Å². The van der Waals surface area contributed by atoms with Crippen LogP contribution in [0.4, 0.5) is 0 Å². The van der Waals surface area contributed by atoms with Crippen molar-refractivity contribution in [3.63, 3.8) is 0 Å². The van der Waals surface area contributed by atoms with Crippen LogP contribution in [0.25, 0.3) is 0 Å². The van der Waals surface area contributed by atoms with Gasteiger partial charge in [-0.15, -0.1) is 0 Å². The lowest BCUT2D eigenvalue weighted by molar-refractivity contribution is -0.589. The van der Waals surface area contributed by atoms with Crippen molar-refractivity contribution < 1.29 is 5.48 Å². The van der Waals surface area contributed by atoms with E-state index < -0.39 is 0 Å². The second-order valence-corrected chi connectivity index (χ2v) is 10.9. The lowest BCUT2D eigenvalue weighted by Gasteiger charge is -2.05. The number of hydrogen-bond donors (Lipinski definition) is 1. The van der Waals surface area contributed by atoms with Crippen molar-refractivity contribution in [1.82, 2.24) is 0 Å². The third-order valence-electron chi connectivity index (χ3n) is 7.43. The monoisotopic (exact) mass is 468 g/mol. The van der Waals surface area contributed by atoms with E-state index in [1.54, 1.807) is 0 Å². The van der Waals surface area contributed by atoms with E-state index in [0.717, 1.165) is 18.4 Å². The van der Waals surface area contributed by atoms with Gasteiger partial charge in [0.05, 0.1) is 6.54 Å². The number of nitrogens with two attached hydrogens (primary N) is 1. The highest BCUT2D eigenvalue weighted by molar-refractivity contribution is 4.52. The molecule has 2 nitrogen and oxygen atoms in total. The Kier molecular flexibility index (Phi) is 31.8. The number of unbranched alkanes of at least 4 members (excludes halogenated alkanes) is 28. The Morgan fingerprint density at radius 3 is 0.667 bits per heavy atom. The molecule has 0 aromatic heterocycles. The van der Waals surface area contributed by atoms with Gasteiger partial charge in [0, 0.05) is 0 Å². The van der Waals surface area contributed by atoms with Crippen LogP contribution in [0.15, 0.2) is 0 Å². The summed E-state index contributed by atoms with van der Waals surface area (Å²) >= 11 is 0. The van der Waals surface area contributed by atoms with Gasteiger partial charge in [-0.1, -0.05) is 180 Å². The molecule has 0 saturated carbocycles. The average molecular weight is 468 g/mol. The highest BCUT2D eigenvalue weighted by Gasteiger charge is 1.96. The Morgan fingerprint density at radius 2 is 0.485 bits per heavy atom. The van der Waals surface area contributed by atoms with Crippen molar-refractivity contribution >= 4 is 0 Å². The highest BCUT2D eigenvalue weighted by Crippen LogP contribution is 2.16. The van der Waals surface area contributed by atoms with Gasteiger partial charge in [0.2, 0.25) is 0 Å². The third kappa shape index (κ3) is 31.9. The molecule has 200 valence electrons. The van der Waals surface area contributed by atoms with E-state index in [4.69, 9.17) is 0 Å². The maximum Gasteiger partial charge on any atom is 0.0752 e. The first-order valence-corrected chi connectivity index (χ1v) is 15.9. The summed E-state index contributed by atoms with van der Waals surface area (Å²) in [4.78, 5) is 0. The van der Waals surface area contributed by atoms with Gasteiger partial charge in [-0.2, -0.15) is 0 Å². The minimum absolute atomic E-state index is 0.763. The zero-order chi connectivity index (χ0) is 23.9. The van der Waals surface area contributed by atoms with Crippen LogP contribution in [0.1, 0.15) is 193 Å². The molecule has 0 atom stereocenters. The van der Waals surface area contributed by atoms with Crippen molar-refractivity contribution in [2.45, 2.75) is 193 Å². The van der Waals surface area contributed by atoms with Crippen molar-refractivity contribution in [1.29, 1.82) is 0 Å². The normalized spacial score (nSPS) is 11.5. The van der Waals surface area contributed by atoms with E-state index in [-0.39, 0.29) is 0 Å². The number of quaternary nitrogens is 1. The molecule has 2 N–H and O–H groups in total. The summed E-state index contributed by atoms with van der Waals surface area (Å²) in [6.07, 6.45) is 41.6. The van der Waals surface area contributed by atoms with E-state index >= 15 is 0 Å². The molecule has 0 rings (SSSR count). The van der Waals surface area contributed by atoms with Crippen LogP contribution in [-0.4, -0.2) is 6.54 Å². The zero-order valence-electron chi connectivity index (χ0n) is 23.2. The Balaban J connectivity index is 2.99. The molecule has 0 saturated heterocycles. The Morgan fingerprint density at radius 1 is 0.303 bits per heavy atom. The first-order valence-electron chi connectivity index (χ1n) is 15.9. The molecular formula is C31H65NO. The standard InChI is InChI=1S/C31H65NO/c1-2-3-4-5-6-7-8-9-10-11-12-13-14-15-16-17-18-19-20-21-22-23-24-25-26-27-28-29-30-31-32-33/h2-32H2,1H3. The summed E-state index contributed by atoms with van der Waals surface area (Å²) in [6, 6.07) is 0. The van der Waals surface area contributed by atoms with Crippen molar-refractivity contribution in [2.24, 2.45) is 0 Å². The van der Waals surface area contributed by atoms with E-state index in [1.165, 1.54) is 180 Å². The maximum atomic E-state index is 10.3. The number of hydrogen-bond acceptors (Lipinski definition) is 1. The molecule has 2 heteroatoms. The van der Waals surface area contributed by atoms with Gasteiger partial charge in [0.1, 0.15) is 0 Å². The summed E-state index contributed by atoms with van der Waals surface area (Å²) in [6.45, 7) is 3.07. The lowest BCUT2D eigenvalue weighted by atomic mass is 10.0. The third-order valence-corrected chi connectivity index (χ3v) is 7.43. The predicted molar refractivity (Wildman–Crippen MR) is 150 cm³/mol. The number of hydroxylamine groups is 1. The maximum absolute atomic E-state index is 10.3. The van der Waals surface area contributed by atoms with Gasteiger partial charge in [-0.3, -0.25) is 0 Å².